The summed E-state index contributed by atoms with van der Waals surface area (Å²) >= 11 is 0. The van der Waals surface area contributed by atoms with Crippen LogP contribution in [0.25, 0.3) is 0 Å². The van der Waals surface area contributed by atoms with E-state index in [2.05, 4.69) is 10.3 Å². The predicted octanol–water partition coefficient (Wildman–Crippen LogP) is 1.76. The average molecular weight is 247 g/mol. The maximum absolute atomic E-state index is 13.1. The lowest BCUT2D eigenvalue weighted by Gasteiger charge is -2.05. The van der Waals surface area contributed by atoms with Crippen molar-refractivity contribution in [2.75, 3.05) is 11.1 Å². The molecule has 2 rings (SSSR count). The molecular weight excluding hydrogens is 237 g/mol. The smallest absolute Gasteiger partial charge is 0.274 e. The van der Waals surface area contributed by atoms with Crippen molar-refractivity contribution >= 4 is 17.3 Å². The summed E-state index contributed by atoms with van der Waals surface area (Å²) in [5.41, 5.74) is 6.29. The molecule has 1 heterocycles. The van der Waals surface area contributed by atoms with Gasteiger partial charge in [-0.05, 0) is 24.3 Å². The lowest BCUT2D eigenvalue weighted by molar-refractivity contribution is 0.102. The van der Waals surface area contributed by atoms with Crippen LogP contribution in [0.15, 0.2) is 36.5 Å². The van der Waals surface area contributed by atoms with E-state index in [0.717, 1.165) is 12.1 Å². The van der Waals surface area contributed by atoms with Gasteiger partial charge in [0.25, 0.3) is 5.91 Å². The number of carbonyl (C=O) groups excluding carboxylic acids is 1. The number of halogens is 1. The summed E-state index contributed by atoms with van der Waals surface area (Å²) in [6.45, 7) is 0. The molecule has 5 nitrogen and oxygen atoms in total. The molecule has 1 amide bonds. The van der Waals surface area contributed by atoms with Crippen LogP contribution < -0.4 is 11.1 Å². The van der Waals surface area contributed by atoms with Gasteiger partial charge < -0.3 is 16.2 Å². The van der Waals surface area contributed by atoms with Crippen LogP contribution in [0, 0.1) is 5.82 Å². The van der Waals surface area contributed by atoms with Gasteiger partial charge in [0.1, 0.15) is 5.69 Å². The number of phenolic OH excluding ortho intramolecular Hbond substituents is 1. The van der Waals surface area contributed by atoms with Gasteiger partial charge in [-0.3, -0.25) is 4.79 Å². The quantitative estimate of drug-likeness (QED) is 0.705. The van der Waals surface area contributed by atoms with Gasteiger partial charge in [-0.15, -0.1) is 0 Å². The van der Waals surface area contributed by atoms with Gasteiger partial charge in [-0.2, -0.15) is 0 Å². The highest BCUT2D eigenvalue weighted by atomic mass is 19.1. The van der Waals surface area contributed by atoms with Gasteiger partial charge in [0, 0.05) is 11.8 Å². The first-order valence-corrected chi connectivity index (χ1v) is 5.07. The van der Waals surface area contributed by atoms with E-state index in [1.165, 1.54) is 18.3 Å². The number of aromatic hydroxyl groups is 1. The van der Waals surface area contributed by atoms with E-state index in [9.17, 15) is 9.18 Å². The van der Waals surface area contributed by atoms with Crippen LogP contribution in [0.2, 0.25) is 0 Å². The third-order valence-corrected chi connectivity index (χ3v) is 2.22. The largest absolute Gasteiger partial charge is 0.505 e. The Morgan fingerprint density at radius 1 is 1.33 bits per heavy atom. The number of anilines is 2. The van der Waals surface area contributed by atoms with Crippen molar-refractivity contribution in [3.8, 4) is 5.75 Å². The number of carbonyl (C=O) groups is 1. The molecule has 0 aliphatic heterocycles. The van der Waals surface area contributed by atoms with Crippen LogP contribution in [0.3, 0.4) is 0 Å². The molecule has 0 atom stereocenters. The predicted molar refractivity (Wildman–Crippen MR) is 64.7 cm³/mol. The van der Waals surface area contributed by atoms with Crippen LogP contribution in [0.4, 0.5) is 15.8 Å². The number of aromatic nitrogens is 1. The fourth-order valence-electron chi connectivity index (χ4n) is 1.32. The van der Waals surface area contributed by atoms with Gasteiger partial charge in [0.2, 0.25) is 0 Å². The number of hydrogen-bond donors (Lipinski definition) is 3. The molecule has 0 bridgehead atoms. The molecule has 0 aliphatic rings. The molecule has 4 N–H and O–H groups in total. The number of nitrogen functional groups attached to an aromatic ring is 1. The Balaban J connectivity index is 2.16. The van der Waals surface area contributed by atoms with E-state index >= 15 is 0 Å². The molecule has 1 aromatic carbocycles. The standard InChI is InChI=1S/C12H10FN3O2/c13-9-5-8(2-4-11(9)17)16-12(18)10-3-1-7(14)6-15-10/h1-6,17H,14H2,(H,16,18). The first-order chi connectivity index (χ1) is 8.56. The molecule has 1 aromatic heterocycles. The third-order valence-electron chi connectivity index (χ3n) is 2.22. The minimum absolute atomic E-state index is 0.165. The Labute approximate surface area is 102 Å². The zero-order valence-corrected chi connectivity index (χ0v) is 9.22. The maximum atomic E-state index is 13.1. The number of hydrogen-bond acceptors (Lipinski definition) is 4. The fraction of sp³-hybridized carbons (Fsp3) is 0. The van der Waals surface area contributed by atoms with Gasteiger partial charge in [0.05, 0.1) is 11.9 Å². The van der Waals surface area contributed by atoms with Crippen molar-refractivity contribution in [2.24, 2.45) is 0 Å². The Morgan fingerprint density at radius 3 is 2.72 bits per heavy atom. The molecule has 0 unspecified atom stereocenters. The zero-order valence-electron chi connectivity index (χ0n) is 9.22. The van der Waals surface area contributed by atoms with Gasteiger partial charge in [-0.25, -0.2) is 9.37 Å². The molecule has 0 saturated carbocycles. The summed E-state index contributed by atoms with van der Waals surface area (Å²) in [5, 5.41) is 11.5. The summed E-state index contributed by atoms with van der Waals surface area (Å²) in [6, 6.07) is 6.56. The van der Waals surface area contributed by atoms with Crippen molar-refractivity contribution in [1.29, 1.82) is 0 Å². The summed E-state index contributed by atoms with van der Waals surface area (Å²) < 4.78 is 13.1. The summed E-state index contributed by atoms with van der Waals surface area (Å²) in [6.07, 6.45) is 1.35. The zero-order chi connectivity index (χ0) is 13.1. The van der Waals surface area contributed by atoms with E-state index in [4.69, 9.17) is 10.8 Å². The van der Waals surface area contributed by atoms with Crippen molar-refractivity contribution in [1.82, 2.24) is 4.98 Å². The second-order valence-electron chi connectivity index (χ2n) is 3.60. The van der Waals surface area contributed by atoms with E-state index < -0.39 is 17.5 Å². The van der Waals surface area contributed by atoms with Gasteiger partial charge in [-0.1, -0.05) is 0 Å². The molecule has 2 aromatic rings. The Bertz CT molecular complexity index is 584. The van der Waals surface area contributed by atoms with E-state index in [1.807, 2.05) is 0 Å². The topological polar surface area (TPSA) is 88.2 Å². The second kappa shape index (κ2) is 4.70. The number of rotatable bonds is 2. The molecule has 6 heteroatoms. The van der Waals surface area contributed by atoms with Crippen LogP contribution in [-0.2, 0) is 0 Å². The summed E-state index contributed by atoms with van der Waals surface area (Å²) in [4.78, 5) is 15.6. The molecule has 18 heavy (non-hydrogen) atoms. The number of benzene rings is 1. The Hall–Kier alpha value is -2.63. The average Bonchev–Trinajstić information content (AvgIpc) is 2.34. The van der Waals surface area contributed by atoms with Crippen LogP contribution in [-0.4, -0.2) is 16.0 Å². The van der Waals surface area contributed by atoms with E-state index in [0.29, 0.717) is 5.69 Å². The van der Waals surface area contributed by atoms with Crippen LogP contribution >= 0.6 is 0 Å². The van der Waals surface area contributed by atoms with E-state index in [-0.39, 0.29) is 11.4 Å². The molecule has 0 spiro atoms. The van der Waals surface area contributed by atoms with Crippen molar-refractivity contribution in [2.45, 2.75) is 0 Å². The number of nitrogens with one attached hydrogen (secondary N) is 1. The third kappa shape index (κ3) is 2.54. The number of pyridine rings is 1. The number of phenols is 1. The summed E-state index contributed by atoms with van der Waals surface area (Å²) in [5.74, 6) is -1.77. The molecule has 92 valence electrons. The molecule has 0 saturated heterocycles. The Morgan fingerprint density at radius 2 is 2.11 bits per heavy atom. The molecule has 0 radical (unpaired) electrons. The second-order valence-corrected chi connectivity index (χ2v) is 3.60. The monoisotopic (exact) mass is 247 g/mol. The fourth-order valence-corrected chi connectivity index (χ4v) is 1.32. The van der Waals surface area contributed by atoms with Gasteiger partial charge in [0.15, 0.2) is 11.6 Å². The highest BCUT2D eigenvalue weighted by Gasteiger charge is 2.08. The number of nitrogens with two attached hydrogens (primary N) is 1. The van der Waals surface area contributed by atoms with Crippen molar-refractivity contribution in [3.63, 3.8) is 0 Å². The van der Waals surface area contributed by atoms with Crippen molar-refractivity contribution in [3.05, 3.63) is 48.0 Å². The van der Waals surface area contributed by atoms with Crippen molar-refractivity contribution < 1.29 is 14.3 Å². The highest BCUT2D eigenvalue weighted by molar-refractivity contribution is 6.02. The summed E-state index contributed by atoms with van der Waals surface area (Å²) in [7, 11) is 0. The number of nitrogens with zero attached hydrogens (tertiary/aromatic N) is 1. The SMILES string of the molecule is Nc1ccc(C(=O)Nc2ccc(O)c(F)c2)nc1. The normalized spacial score (nSPS) is 10.1. The molecule has 0 fully saturated rings. The van der Waals surface area contributed by atoms with Crippen LogP contribution in [0.5, 0.6) is 5.75 Å². The number of amides is 1. The lowest BCUT2D eigenvalue weighted by atomic mass is 10.2. The van der Waals surface area contributed by atoms with E-state index in [1.54, 1.807) is 6.07 Å². The maximum Gasteiger partial charge on any atom is 0.274 e. The highest BCUT2D eigenvalue weighted by Crippen LogP contribution is 2.19. The van der Waals surface area contributed by atoms with Crippen LogP contribution in [0.1, 0.15) is 10.5 Å². The molecule has 0 aliphatic carbocycles. The lowest BCUT2D eigenvalue weighted by Crippen LogP contribution is -2.13. The Kier molecular flexibility index (Phi) is 3.09. The van der Waals surface area contributed by atoms with Gasteiger partial charge >= 0.3 is 0 Å². The first kappa shape index (κ1) is 11.8. The molecular formula is C12H10FN3O2. The minimum Gasteiger partial charge on any atom is -0.505 e. The first-order valence-electron chi connectivity index (χ1n) is 5.07. The minimum atomic E-state index is -0.807.